The molecule has 0 heterocycles. The lowest BCUT2D eigenvalue weighted by Gasteiger charge is -2.15. The molecule has 0 bridgehead atoms. The van der Waals surface area contributed by atoms with Gasteiger partial charge >= 0.3 is 0 Å². The van der Waals surface area contributed by atoms with Gasteiger partial charge in [-0.2, -0.15) is 0 Å². The smallest absolute Gasteiger partial charge is 0.0636 e. The van der Waals surface area contributed by atoms with E-state index in [1.807, 2.05) is 0 Å². The van der Waals surface area contributed by atoms with Crippen LogP contribution in [0.15, 0.2) is 18.2 Å². The second-order valence-corrected chi connectivity index (χ2v) is 6.12. The van der Waals surface area contributed by atoms with Gasteiger partial charge in [0.15, 0.2) is 0 Å². The van der Waals surface area contributed by atoms with Gasteiger partial charge in [0.25, 0.3) is 0 Å². The standard InChI is InChI=1S/C17H30N2O3/c1-12(20)6-17-7-15(10-18-8-13(2)21)4-5-16(17)11-19-9-14(3)22/h4-5,7,12-14,18-22H,6,8-11H2,1-3H3. The topological polar surface area (TPSA) is 84.8 Å². The summed E-state index contributed by atoms with van der Waals surface area (Å²) >= 11 is 0. The molecule has 0 aliphatic rings. The van der Waals surface area contributed by atoms with Crippen LogP contribution < -0.4 is 10.6 Å². The normalized spacial score (nSPS) is 15.5. The summed E-state index contributed by atoms with van der Waals surface area (Å²) in [5.41, 5.74) is 3.39. The van der Waals surface area contributed by atoms with Crippen molar-refractivity contribution in [1.82, 2.24) is 10.6 Å². The summed E-state index contributed by atoms with van der Waals surface area (Å²) in [6.45, 7) is 7.76. The second-order valence-electron chi connectivity index (χ2n) is 6.12. The quantitative estimate of drug-likeness (QED) is 0.436. The number of rotatable bonds is 10. The van der Waals surface area contributed by atoms with Gasteiger partial charge in [0.1, 0.15) is 0 Å². The number of nitrogens with one attached hydrogen (secondary N) is 2. The summed E-state index contributed by atoms with van der Waals surface area (Å²) in [4.78, 5) is 0. The van der Waals surface area contributed by atoms with Crippen molar-refractivity contribution in [2.75, 3.05) is 13.1 Å². The van der Waals surface area contributed by atoms with Crippen LogP contribution in [0.3, 0.4) is 0 Å². The average molecular weight is 310 g/mol. The van der Waals surface area contributed by atoms with E-state index < -0.39 is 6.10 Å². The van der Waals surface area contributed by atoms with Crippen LogP contribution >= 0.6 is 0 Å². The number of hydrogen-bond donors (Lipinski definition) is 5. The van der Waals surface area contributed by atoms with Crippen LogP contribution in [0.5, 0.6) is 0 Å². The van der Waals surface area contributed by atoms with Crippen molar-refractivity contribution in [3.8, 4) is 0 Å². The molecule has 5 N–H and O–H groups in total. The summed E-state index contributed by atoms with van der Waals surface area (Å²) in [5.74, 6) is 0. The largest absolute Gasteiger partial charge is 0.393 e. The molecule has 0 spiro atoms. The molecule has 0 aliphatic heterocycles. The van der Waals surface area contributed by atoms with Crippen molar-refractivity contribution < 1.29 is 15.3 Å². The van der Waals surface area contributed by atoms with Crippen LogP contribution in [0, 0.1) is 0 Å². The Morgan fingerprint density at radius 3 is 1.95 bits per heavy atom. The summed E-state index contributed by atoms with van der Waals surface area (Å²) < 4.78 is 0. The first kappa shape index (κ1) is 19.1. The van der Waals surface area contributed by atoms with Gasteiger partial charge in [-0.05, 0) is 43.9 Å². The molecule has 0 aromatic heterocycles. The molecule has 5 heteroatoms. The molecule has 3 atom stereocenters. The molecule has 0 amide bonds. The molecule has 3 unspecified atom stereocenters. The van der Waals surface area contributed by atoms with Gasteiger partial charge in [-0.15, -0.1) is 0 Å². The van der Waals surface area contributed by atoms with Gasteiger partial charge in [0.2, 0.25) is 0 Å². The SMILES string of the molecule is CC(O)CNCc1ccc(CNCC(C)O)c(CC(C)O)c1. The van der Waals surface area contributed by atoms with Gasteiger partial charge in [0.05, 0.1) is 18.3 Å². The minimum atomic E-state index is -0.392. The van der Waals surface area contributed by atoms with Crippen LogP contribution in [-0.4, -0.2) is 46.7 Å². The zero-order chi connectivity index (χ0) is 16.5. The summed E-state index contributed by atoms with van der Waals surface area (Å²) in [7, 11) is 0. The van der Waals surface area contributed by atoms with E-state index in [9.17, 15) is 15.3 Å². The maximum absolute atomic E-state index is 9.67. The summed E-state index contributed by atoms with van der Waals surface area (Å²) in [5, 5.41) is 34.7. The molecule has 0 aliphatic carbocycles. The lowest BCUT2D eigenvalue weighted by molar-refractivity contribution is 0.189. The van der Waals surface area contributed by atoms with E-state index in [1.165, 1.54) is 0 Å². The third-order valence-electron chi connectivity index (χ3n) is 3.31. The zero-order valence-electron chi connectivity index (χ0n) is 13.8. The first-order chi connectivity index (χ1) is 10.4. The first-order valence-corrected chi connectivity index (χ1v) is 7.94. The molecule has 1 aromatic rings. The van der Waals surface area contributed by atoms with Crippen molar-refractivity contribution >= 4 is 0 Å². The molecule has 1 rings (SSSR count). The lowest BCUT2D eigenvalue weighted by Crippen LogP contribution is -2.25. The lowest BCUT2D eigenvalue weighted by atomic mass is 9.99. The molecular weight excluding hydrogens is 280 g/mol. The van der Waals surface area contributed by atoms with Gasteiger partial charge in [-0.3, -0.25) is 0 Å². The molecule has 22 heavy (non-hydrogen) atoms. The van der Waals surface area contributed by atoms with Crippen LogP contribution in [0.2, 0.25) is 0 Å². The third-order valence-corrected chi connectivity index (χ3v) is 3.31. The van der Waals surface area contributed by atoms with Gasteiger partial charge in [0, 0.05) is 26.2 Å². The van der Waals surface area contributed by atoms with Crippen molar-refractivity contribution in [2.24, 2.45) is 0 Å². The fraction of sp³-hybridized carbons (Fsp3) is 0.647. The van der Waals surface area contributed by atoms with E-state index in [0.29, 0.717) is 32.6 Å². The molecule has 0 fully saturated rings. The van der Waals surface area contributed by atoms with Gasteiger partial charge < -0.3 is 26.0 Å². The monoisotopic (exact) mass is 310 g/mol. The Balaban J connectivity index is 2.70. The zero-order valence-corrected chi connectivity index (χ0v) is 13.8. The molecule has 0 saturated heterocycles. The first-order valence-electron chi connectivity index (χ1n) is 7.94. The maximum Gasteiger partial charge on any atom is 0.0636 e. The Bertz CT molecular complexity index is 434. The Kier molecular flexibility index (Phi) is 8.60. The van der Waals surface area contributed by atoms with Gasteiger partial charge in [-0.1, -0.05) is 18.2 Å². The van der Waals surface area contributed by atoms with E-state index >= 15 is 0 Å². The maximum atomic E-state index is 9.67. The van der Waals surface area contributed by atoms with E-state index in [0.717, 1.165) is 16.7 Å². The van der Waals surface area contributed by atoms with Crippen molar-refractivity contribution in [2.45, 2.75) is 58.6 Å². The Labute approximate surface area is 133 Å². The van der Waals surface area contributed by atoms with Crippen LogP contribution in [0.4, 0.5) is 0 Å². The van der Waals surface area contributed by atoms with E-state index in [4.69, 9.17) is 0 Å². The van der Waals surface area contributed by atoms with Crippen LogP contribution in [0.25, 0.3) is 0 Å². The number of benzene rings is 1. The highest BCUT2D eigenvalue weighted by molar-refractivity contribution is 5.32. The molecule has 5 nitrogen and oxygen atoms in total. The second kappa shape index (κ2) is 9.92. The predicted octanol–water partition coefficient (Wildman–Crippen LogP) is 0.551. The summed E-state index contributed by atoms with van der Waals surface area (Å²) in [6, 6.07) is 6.22. The highest BCUT2D eigenvalue weighted by Crippen LogP contribution is 2.15. The molecule has 1 aromatic carbocycles. The Hall–Kier alpha value is -0.980. The highest BCUT2D eigenvalue weighted by atomic mass is 16.3. The van der Waals surface area contributed by atoms with Crippen molar-refractivity contribution in [1.29, 1.82) is 0 Å². The fourth-order valence-corrected chi connectivity index (χ4v) is 2.31. The highest BCUT2D eigenvalue weighted by Gasteiger charge is 2.08. The van der Waals surface area contributed by atoms with E-state index in [1.54, 1.807) is 20.8 Å². The minimum Gasteiger partial charge on any atom is -0.393 e. The van der Waals surface area contributed by atoms with Crippen molar-refractivity contribution in [3.05, 3.63) is 34.9 Å². The van der Waals surface area contributed by atoms with Gasteiger partial charge in [-0.25, -0.2) is 0 Å². The molecule has 0 radical (unpaired) electrons. The Morgan fingerprint density at radius 1 is 0.818 bits per heavy atom. The average Bonchev–Trinajstić information content (AvgIpc) is 2.39. The predicted molar refractivity (Wildman–Crippen MR) is 88.6 cm³/mol. The number of hydrogen-bond acceptors (Lipinski definition) is 5. The van der Waals surface area contributed by atoms with E-state index in [2.05, 4.69) is 28.8 Å². The molecule has 0 saturated carbocycles. The van der Waals surface area contributed by atoms with Crippen LogP contribution in [0.1, 0.15) is 37.5 Å². The molecular formula is C17H30N2O3. The number of aliphatic hydroxyl groups excluding tert-OH is 3. The number of aliphatic hydroxyl groups is 3. The van der Waals surface area contributed by atoms with Crippen LogP contribution in [-0.2, 0) is 19.5 Å². The fourth-order valence-electron chi connectivity index (χ4n) is 2.31. The van der Waals surface area contributed by atoms with Crippen molar-refractivity contribution in [3.63, 3.8) is 0 Å². The van der Waals surface area contributed by atoms with E-state index in [-0.39, 0.29) is 12.2 Å². The Morgan fingerprint density at radius 2 is 1.41 bits per heavy atom. The molecule has 126 valence electrons. The third kappa shape index (κ3) is 7.87. The summed E-state index contributed by atoms with van der Waals surface area (Å²) in [6.07, 6.45) is -0.517. The minimum absolute atomic E-state index is 0.360.